The third-order valence-electron chi connectivity index (χ3n) is 3.50. The molecular weight excluding hydrogens is 264 g/mol. The summed E-state index contributed by atoms with van der Waals surface area (Å²) in [5.41, 5.74) is 0. The van der Waals surface area contributed by atoms with Gasteiger partial charge < -0.3 is 0 Å². The second kappa shape index (κ2) is 4.32. The van der Waals surface area contributed by atoms with Crippen LogP contribution in [0.2, 0.25) is 0 Å². The Morgan fingerprint density at radius 3 is 1.32 bits per heavy atom. The van der Waals surface area contributed by atoms with E-state index in [4.69, 9.17) is 19.2 Å². The Bertz CT molecular complexity index is 1740. The first-order chi connectivity index (χ1) is 16.7. The summed E-state index contributed by atoms with van der Waals surface area (Å²) in [6, 6.07) is -8.34. The zero-order valence-corrected chi connectivity index (χ0v) is 11.0. The van der Waals surface area contributed by atoms with Crippen LogP contribution in [0.5, 0.6) is 0 Å². The smallest absolute Gasteiger partial charge is 0.0616 e. The van der Waals surface area contributed by atoms with Crippen molar-refractivity contribution in [2.24, 2.45) is 0 Å². The molecule has 5 rings (SSSR count). The van der Waals surface area contributed by atoms with Crippen molar-refractivity contribution in [3.05, 3.63) is 84.6 Å². The van der Waals surface area contributed by atoms with Crippen molar-refractivity contribution in [2.75, 3.05) is 0 Å². The van der Waals surface area contributed by atoms with Crippen molar-refractivity contribution in [1.82, 2.24) is 0 Å². The predicted octanol–water partition coefficient (Wildman–Crippen LogP) is 6.30. The fourth-order valence-electron chi connectivity index (χ4n) is 2.50. The molecule has 0 aromatic heterocycles. The molecule has 0 aliphatic heterocycles. The topological polar surface area (TPSA) is 0 Å². The van der Waals surface area contributed by atoms with Crippen molar-refractivity contribution in [1.29, 1.82) is 0 Å². The van der Waals surface area contributed by atoms with E-state index >= 15 is 0 Å². The van der Waals surface area contributed by atoms with Gasteiger partial charge >= 0.3 is 0 Å². The third-order valence-corrected chi connectivity index (χ3v) is 3.50. The molecule has 0 N–H and O–H groups in total. The molecule has 0 unspecified atom stereocenters. The highest BCUT2D eigenvalue weighted by atomic mass is 14.1. The average Bonchev–Trinajstić information content (AvgIpc) is 2.84. The second-order valence-corrected chi connectivity index (χ2v) is 4.75. The molecule has 102 valence electrons. The lowest BCUT2D eigenvalue weighted by Gasteiger charge is -2.08. The maximum atomic E-state index is 8.93. The summed E-state index contributed by atoms with van der Waals surface area (Å²) < 4.78 is 117. The summed E-state index contributed by atoms with van der Waals surface area (Å²) in [6.07, 6.45) is 0. The minimum atomic E-state index is -0.642. The van der Waals surface area contributed by atoms with Crippen molar-refractivity contribution >= 4 is 43.1 Å². The van der Waals surface area contributed by atoms with Gasteiger partial charge in [-0.1, -0.05) is 72.5 Å². The maximum absolute atomic E-state index is 8.93. The summed E-state index contributed by atoms with van der Waals surface area (Å²) in [6.45, 7) is 0. The molecule has 0 heteroatoms. The van der Waals surface area contributed by atoms with Gasteiger partial charge in [-0.15, -0.1) is 0 Å². The van der Waals surface area contributed by atoms with Crippen LogP contribution < -0.4 is 0 Å². The van der Waals surface area contributed by atoms with E-state index in [1.54, 1.807) is 0 Å². The summed E-state index contributed by atoms with van der Waals surface area (Å²) in [4.78, 5) is 0. The van der Waals surface area contributed by atoms with E-state index in [2.05, 4.69) is 0 Å². The molecule has 0 saturated carbocycles. The summed E-state index contributed by atoms with van der Waals surface area (Å²) in [5.74, 6) is 0. The fraction of sp³-hybridized carbons (Fsp3) is 0. The van der Waals surface area contributed by atoms with E-state index in [0.29, 0.717) is 0 Å². The van der Waals surface area contributed by atoms with Gasteiger partial charge in [0.25, 0.3) is 0 Å². The Morgan fingerprint density at radius 2 is 0.818 bits per heavy atom. The predicted molar refractivity (Wildman–Crippen MR) is 96.5 cm³/mol. The molecule has 0 aliphatic rings. The van der Waals surface area contributed by atoms with Crippen molar-refractivity contribution < 1.29 is 19.2 Å². The minimum Gasteiger partial charge on any atom is -0.0616 e. The van der Waals surface area contributed by atoms with Gasteiger partial charge in [-0.2, -0.15) is 0 Å². The SMILES string of the molecule is [2H]c1c([2H])c([2H])c2c(c1[2H])c([2H])c([2H])c1c([2H])c3c(c([2H])c([2H])c4c([2H])c([2H])c([2H])c([2H])c43)c([2H])c12. The number of benzene rings is 5. The van der Waals surface area contributed by atoms with E-state index in [-0.39, 0.29) is 43.1 Å². The van der Waals surface area contributed by atoms with E-state index in [0.717, 1.165) is 0 Å². The minimum absolute atomic E-state index is 0.261. The van der Waals surface area contributed by atoms with Crippen LogP contribution in [0, 0.1) is 0 Å². The fourth-order valence-corrected chi connectivity index (χ4v) is 2.50. The summed E-state index contributed by atoms with van der Waals surface area (Å²) in [7, 11) is 0. The summed E-state index contributed by atoms with van der Waals surface area (Å²) in [5, 5.41) is -2.32. The van der Waals surface area contributed by atoms with Gasteiger partial charge in [0.05, 0.1) is 19.2 Å². The molecule has 5 aromatic carbocycles. The highest BCUT2D eigenvalue weighted by Gasteiger charge is 2.05. The second-order valence-electron chi connectivity index (χ2n) is 4.75. The van der Waals surface area contributed by atoms with Crippen LogP contribution in [0.1, 0.15) is 19.2 Å². The van der Waals surface area contributed by atoms with Crippen LogP contribution in [0.3, 0.4) is 0 Å². The zero-order chi connectivity index (χ0) is 26.7. The summed E-state index contributed by atoms with van der Waals surface area (Å²) >= 11 is 0. The molecule has 0 amide bonds. The Balaban J connectivity index is 2.28. The van der Waals surface area contributed by atoms with E-state index in [1.165, 1.54) is 0 Å². The first kappa shape index (κ1) is 4.57. The monoisotopic (exact) mass is 292 g/mol. The lowest BCUT2D eigenvalue weighted by molar-refractivity contribution is 1.78. The Kier molecular flexibility index (Phi) is 0.896. The number of fused-ring (bicyclic) bond motifs is 6. The lowest BCUT2D eigenvalue weighted by Crippen LogP contribution is -1.81. The van der Waals surface area contributed by atoms with E-state index < -0.39 is 84.6 Å². The molecule has 0 bridgehead atoms. The molecule has 5 aromatic rings. The number of rotatable bonds is 0. The van der Waals surface area contributed by atoms with Gasteiger partial charge in [0.15, 0.2) is 0 Å². The number of hydrogen-bond donors (Lipinski definition) is 0. The molecule has 0 heterocycles. The van der Waals surface area contributed by atoms with Gasteiger partial charge in [0, 0.05) is 0 Å². The molecule has 0 radical (unpaired) electrons. The standard InChI is InChI=1S/C22H14/c1-3-7-19-15(5-1)9-11-17-14-22-18(13-21(17)19)12-10-16-6-2-4-8-20(16)22/h1-14H/i1D,2D,3D,4D,5D,6D,7D,8D,9D,10D,11D,12D,13D,14D. The van der Waals surface area contributed by atoms with Crippen LogP contribution in [-0.4, -0.2) is 0 Å². The molecule has 0 nitrogen and oxygen atoms in total. The Morgan fingerprint density at radius 1 is 0.409 bits per heavy atom. The van der Waals surface area contributed by atoms with Crippen LogP contribution in [0.4, 0.5) is 0 Å². The van der Waals surface area contributed by atoms with Crippen LogP contribution in [0.25, 0.3) is 43.1 Å². The zero-order valence-electron chi connectivity index (χ0n) is 25.0. The molecular formula is C22H14. The third kappa shape index (κ3) is 1.58. The first-order valence-corrected chi connectivity index (χ1v) is 6.50. The van der Waals surface area contributed by atoms with E-state index in [9.17, 15) is 0 Å². The first-order valence-electron chi connectivity index (χ1n) is 13.5. The average molecular weight is 292 g/mol. The largest absolute Gasteiger partial charge is 0.0636 e. The Labute approximate surface area is 148 Å². The van der Waals surface area contributed by atoms with Gasteiger partial charge in [-0.3, -0.25) is 0 Å². The van der Waals surface area contributed by atoms with Gasteiger partial charge in [-0.05, 0) is 55.2 Å². The molecule has 22 heavy (non-hydrogen) atoms. The molecule has 0 fully saturated rings. The molecule has 0 atom stereocenters. The normalized spacial score (nSPS) is 20.5. The maximum Gasteiger partial charge on any atom is 0.0636 e. The highest BCUT2D eigenvalue weighted by molar-refractivity contribution is 6.17. The van der Waals surface area contributed by atoms with Gasteiger partial charge in [0.1, 0.15) is 0 Å². The van der Waals surface area contributed by atoms with Crippen LogP contribution >= 0.6 is 0 Å². The van der Waals surface area contributed by atoms with Crippen molar-refractivity contribution in [2.45, 2.75) is 0 Å². The van der Waals surface area contributed by atoms with E-state index in [1.807, 2.05) is 0 Å². The van der Waals surface area contributed by atoms with Crippen molar-refractivity contribution in [3.63, 3.8) is 0 Å². The quantitative estimate of drug-likeness (QED) is 0.232. The van der Waals surface area contributed by atoms with Crippen LogP contribution in [0.15, 0.2) is 84.6 Å². The number of hydrogen-bond acceptors (Lipinski definition) is 0. The van der Waals surface area contributed by atoms with Gasteiger partial charge in [0.2, 0.25) is 0 Å². The molecule has 0 saturated heterocycles. The Hall–Kier alpha value is -2.86. The van der Waals surface area contributed by atoms with Crippen LogP contribution in [-0.2, 0) is 0 Å². The van der Waals surface area contributed by atoms with Crippen molar-refractivity contribution in [3.8, 4) is 0 Å². The van der Waals surface area contributed by atoms with Gasteiger partial charge in [-0.25, -0.2) is 0 Å². The highest BCUT2D eigenvalue weighted by Crippen LogP contribution is 2.32. The molecule has 0 aliphatic carbocycles. The molecule has 0 spiro atoms. The lowest BCUT2D eigenvalue weighted by atomic mass is 9.95.